The molecule has 5 rings (SSSR count). The van der Waals surface area contributed by atoms with Crippen molar-refractivity contribution in [1.82, 2.24) is 5.32 Å². The van der Waals surface area contributed by atoms with E-state index < -0.39 is 27.4 Å². The highest BCUT2D eigenvalue weighted by molar-refractivity contribution is 9.10. The van der Waals surface area contributed by atoms with Gasteiger partial charge in [-0.15, -0.1) is 0 Å². The lowest BCUT2D eigenvalue weighted by molar-refractivity contribution is -0.129. The number of hydrogen-bond acceptors (Lipinski definition) is 9. The number of carbonyl (C=O) groups is 1. The smallest absolute Gasteiger partial charge is 0.252 e. The zero-order valence-corrected chi connectivity index (χ0v) is 29.0. The molecule has 10 nitrogen and oxygen atoms in total. The first-order chi connectivity index (χ1) is 23.2. The van der Waals surface area contributed by atoms with E-state index >= 15 is 0 Å². The minimum absolute atomic E-state index is 0.0217. The summed E-state index contributed by atoms with van der Waals surface area (Å²) in [5.74, 6) is 0.868. The van der Waals surface area contributed by atoms with Gasteiger partial charge in [0.05, 0.1) is 31.5 Å². The first-order valence-electron chi connectivity index (χ1n) is 15.3. The second-order valence-corrected chi connectivity index (χ2v) is 14.0. The molecule has 0 aliphatic carbocycles. The van der Waals surface area contributed by atoms with Crippen molar-refractivity contribution in [1.29, 1.82) is 0 Å². The standard InChI is InChI=1S/C36H37BrN2O8S/c1-44-31-15-8-10-26(32(31)45-2)24-38-35(41)36(20-23-48(42,43)28-11-4-3-5-12-28)33(29-13-6-7-14-30(29)37)47-34(39-36)25-16-18-27(19-17-25)46-22-9-21-40/h3-8,10-19,33,40H,9,20-24H2,1-2H3,(H,38,41)/t33-,36-/m1/s1. The molecule has 252 valence electrons. The number of aliphatic hydroxyl groups is 1. The molecule has 2 N–H and O–H groups in total. The van der Waals surface area contributed by atoms with E-state index in [1.165, 1.54) is 26.4 Å². The maximum Gasteiger partial charge on any atom is 0.252 e. The van der Waals surface area contributed by atoms with Crippen molar-refractivity contribution in [2.24, 2.45) is 4.99 Å². The van der Waals surface area contributed by atoms with E-state index in [1.54, 1.807) is 54.6 Å². The fourth-order valence-corrected chi connectivity index (χ4v) is 7.37. The van der Waals surface area contributed by atoms with Crippen molar-refractivity contribution in [2.45, 2.75) is 35.9 Å². The van der Waals surface area contributed by atoms with Gasteiger partial charge in [0.15, 0.2) is 33.0 Å². The molecule has 0 unspecified atom stereocenters. The zero-order chi connectivity index (χ0) is 34.1. The number of rotatable bonds is 15. The molecule has 4 aromatic carbocycles. The van der Waals surface area contributed by atoms with E-state index in [4.69, 9.17) is 29.0 Å². The van der Waals surface area contributed by atoms with Crippen LogP contribution >= 0.6 is 15.9 Å². The molecule has 0 aromatic heterocycles. The van der Waals surface area contributed by atoms with Crippen molar-refractivity contribution in [2.75, 3.05) is 33.2 Å². The molecular formula is C36H37BrN2O8S. The number of nitrogens with zero attached hydrogens (tertiary/aromatic N) is 1. The van der Waals surface area contributed by atoms with Crippen LogP contribution in [0.4, 0.5) is 0 Å². The van der Waals surface area contributed by atoms with E-state index in [2.05, 4.69) is 21.2 Å². The highest BCUT2D eigenvalue weighted by Gasteiger charge is 2.54. The van der Waals surface area contributed by atoms with Crippen LogP contribution in [0.25, 0.3) is 0 Å². The van der Waals surface area contributed by atoms with Crippen molar-refractivity contribution >= 4 is 37.6 Å². The van der Waals surface area contributed by atoms with Gasteiger partial charge in [-0.2, -0.15) is 0 Å². The van der Waals surface area contributed by atoms with Crippen LogP contribution in [0.2, 0.25) is 0 Å². The molecule has 0 fully saturated rings. The van der Waals surface area contributed by atoms with Crippen LogP contribution in [0, 0.1) is 0 Å². The van der Waals surface area contributed by atoms with E-state index in [0.29, 0.717) is 51.4 Å². The zero-order valence-electron chi connectivity index (χ0n) is 26.6. The molecule has 2 atom stereocenters. The number of methoxy groups -OCH3 is 2. The second kappa shape index (κ2) is 15.7. The van der Waals surface area contributed by atoms with Crippen LogP contribution in [0.15, 0.2) is 111 Å². The molecule has 12 heteroatoms. The fraction of sp³-hybridized carbons (Fsp3) is 0.278. The number of benzene rings is 4. The number of aliphatic imine (C=N–C) groups is 1. The SMILES string of the molecule is COc1cccc(CNC(=O)[C@]2(CCS(=O)(=O)c3ccccc3)N=C(c3ccc(OCCCO)cc3)O[C@@H]2c2ccccc2Br)c1OC. The van der Waals surface area contributed by atoms with Crippen LogP contribution in [0.3, 0.4) is 0 Å². The monoisotopic (exact) mass is 736 g/mol. The number of para-hydroxylation sites is 1. The quantitative estimate of drug-likeness (QED) is 0.149. The fourth-order valence-electron chi connectivity index (χ4n) is 5.49. The van der Waals surface area contributed by atoms with Crippen molar-refractivity contribution in [3.8, 4) is 17.2 Å². The first kappa shape index (κ1) is 34.9. The molecular weight excluding hydrogens is 700 g/mol. The van der Waals surface area contributed by atoms with Gasteiger partial charge in [-0.25, -0.2) is 13.4 Å². The lowest BCUT2D eigenvalue weighted by Crippen LogP contribution is -2.49. The van der Waals surface area contributed by atoms with Gasteiger partial charge in [0.1, 0.15) is 5.75 Å². The van der Waals surface area contributed by atoms with E-state index in [0.717, 1.165) is 0 Å². The maximum absolute atomic E-state index is 14.6. The van der Waals surface area contributed by atoms with Gasteiger partial charge in [-0.05, 0) is 48.5 Å². The van der Waals surface area contributed by atoms with Crippen LogP contribution < -0.4 is 19.5 Å². The molecule has 4 aromatic rings. The molecule has 0 saturated carbocycles. The third-order valence-electron chi connectivity index (χ3n) is 8.00. The summed E-state index contributed by atoms with van der Waals surface area (Å²) in [6, 6.07) is 27.8. The van der Waals surface area contributed by atoms with Crippen molar-refractivity contribution in [3.63, 3.8) is 0 Å². The molecule has 1 aliphatic rings. The van der Waals surface area contributed by atoms with Crippen LogP contribution in [-0.2, 0) is 25.9 Å². The molecule has 48 heavy (non-hydrogen) atoms. The number of halogens is 1. The average molecular weight is 738 g/mol. The minimum atomic E-state index is -3.81. The number of nitrogens with one attached hydrogen (secondary N) is 1. The Morgan fingerprint density at radius 2 is 1.69 bits per heavy atom. The van der Waals surface area contributed by atoms with Gasteiger partial charge in [-0.1, -0.05) is 64.5 Å². The third kappa shape index (κ3) is 7.67. The van der Waals surface area contributed by atoms with Crippen molar-refractivity contribution in [3.05, 3.63) is 118 Å². The summed E-state index contributed by atoms with van der Waals surface area (Å²) < 4.78 is 51.1. The molecule has 0 bridgehead atoms. The summed E-state index contributed by atoms with van der Waals surface area (Å²) in [5.41, 5.74) is 0.182. The third-order valence-corrected chi connectivity index (χ3v) is 10.4. The van der Waals surface area contributed by atoms with Gasteiger partial charge in [-0.3, -0.25) is 4.79 Å². The molecule has 0 spiro atoms. The van der Waals surface area contributed by atoms with Crippen LogP contribution in [0.5, 0.6) is 17.2 Å². The Morgan fingerprint density at radius 1 is 0.958 bits per heavy atom. The summed E-state index contributed by atoms with van der Waals surface area (Å²) in [4.78, 5) is 19.7. The second-order valence-electron chi connectivity index (χ2n) is 11.0. The van der Waals surface area contributed by atoms with Crippen LogP contribution in [0.1, 0.15) is 35.6 Å². The predicted octanol–water partition coefficient (Wildman–Crippen LogP) is 5.66. The summed E-state index contributed by atoms with van der Waals surface area (Å²) in [5, 5.41) is 12.1. The predicted molar refractivity (Wildman–Crippen MR) is 185 cm³/mol. The number of hydrogen-bond donors (Lipinski definition) is 2. The maximum atomic E-state index is 14.6. The van der Waals surface area contributed by atoms with Crippen LogP contribution in [-0.4, -0.2) is 64.1 Å². The Hall–Kier alpha value is -4.39. The number of sulfone groups is 1. The van der Waals surface area contributed by atoms with Gasteiger partial charge in [0, 0.05) is 47.2 Å². The Labute approximate surface area is 288 Å². The van der Waals surface area contributed by atoms with Crippen molar-refractivity contribution < 1.29 is 37.3 Å². The molecule has 1 aliphatic heterocycles. The van der Waals surface area contributed by atoms with E-state index in [9.17, 15) is 13.2 Å². The highest BCUT2D eigenvalue weighted by Crippen LogP contribution is 2.45. The number of ether oxygens (including phenoxy) is 4. The van der Waals surface area contributed by atoms with Gasteiger partial charge in [0.25, 0.3) is 5.91 Å². The summed E-state index contributed by atoms with van der Waals surface area (Å²) in [6.07, 6.45) is -0.666. The first-order valence-corrected chi connectivity index (χ1v) is 17.8. The van der Waals surface area contributed by atoms with Gasteiger partial charge in [0.2, 0.25) is 5.90 Å². The highest BCUT2D eigenvalue weighted by atomic mass is 79.9. The van der Waals surface area contributed by atoms with E-state index in [-0.39, 0.29) is 36.1 Å². The largest absolute Gasteiger partial charge is 0.494 e. The van der Waals surface area contributed by atoms with Gasteiger partial charge >= 0.3 is 0 Å². The van der Waals surface area contributed by atoms with E-state index in [1.807, 2.05) is 30.3 Å². The Kier molecular flexibility index (Phi) is 11.4. The lowest BCUT2D eigenvalue weighted by atomic mass is 9.85. The summed E-state index contributed by atoms with van der Waals surface area (Å²) >= 11 is 3.61. The average Bonchev–Trinajstić information content (AvgIpc) is 3.51. The summed E-state index contributed by atoms with van der Waals surface area (Å²) in [7, 11) is -0.756. The normalized spacial score (nSPS) is 17.2. The number of carbonyl (C=O) groups excluding carboxylic acids is 1. The Balaban J connectivity index is 1.57. The number of amides is 1. The molecule has 1 heterocycles. The Morgan fingerprint density at radius 3 is 2.38 bits per heavy atom. The topological polar surface area (TPSA) is 133 Å². The molecule has 0 saturated heterocycles. The molecule has 1 amide bonds. The summed E-state index contributed by atoms with van der Waals surface area (Å²) in [6.45, 7) is 0.433. The number of aliphatic hydroxyl groups excluding tert-OH is 1. The molecule has 0 radical (unpaired) electrons. The minimum Gasteiger partial charge on any atom is -0.494 e. The van der Waals surface area contributed by atoms with Gasteiger partial charge < -0.3 is 29.4 Å². The Bertz CT molecular complexity index is 1850. The lowest BCUT2D eigenvalue weighted by Gasteiger charge is -2.31.